The van der Waals surface area contributed by atoms with E-state index in [2.05, 4.69) is 26.0 Å². The van der Waals surface area contributed by atoms with Gasteiger partial charge in [0.1, 0.15) is 5.75 Å². The molecule has 3 aliphatic carbocycles. The Hall–Kier alpha value is -1.35. The summed E-state index contributed by atoms with van der Waals surface area (Å²) >= 11 is 0. The van der Waals surface area contributed by atoms with Crippen molar-refractivity contribution in [2.45, 2.75) is 78.1 Å². The third-order valence-electron chi connectivity index (χ3n) is 8.81. The Kier molecular flexibility index (Phi) is 5.33. The Morgan fingerprint density at radius 1 is 1.18 bits per heavy atom. The monoisotopic (exact) mass is 384 g/mol. The lowest BCUT2D eigenvalue weighted by Gasteiger charge is -2.54. The van der Waals surface area contributed by atoms with Gasteiger partial charge in [-0.3, -0.25) is 4.79 Å². The molecule has 0 aliphatic heterocycles. The van der Waals surface area contributed by atoms with E-state index in [0.29, 0.717) is 22.5 Å². The van der Waals surface area contributed by atoms with Crippen molar-refractivity contribution in [2.24, 2.45) is 22.7 Å². The van der Waals surface area contributed by atoms with E-state index in [1.807, 2.05) is 13.2 Å². The van der Waals surface area contributed by atoms with Crippen LogP contribution in [0.1, 0.15) is 82.8 Å². The topological polar surface area (TPSA) is 35.5 Å². The van der Waals surface area contributed by atoms with Gasteiger partial charge < -0.3 is 9.47 Å². The summed E-state index contributed by atoms with van der Waals surface area (Å²) in [4.78, 5) is 11.3. The molecule has 2 saturated carbocycles. The number of hydrogen-bond acceptors (Lipinski definition) is 3. The molecule has 0 N–H and O–H groups in total. The molecule has 0 amide bonds. The molecule has 0 aromatic heterocycles. The second-order valence-electron chi connectivity index (χ2n) is 10.0. The quantitative estimate of drug-likeness (QED) is 0.360. The third kappa shape index (κ3) is 3.20. The van der Waals surface area contributed by atoms with E-state index in [1.165, 1.54) is 63.0 Å². The largest absolute Gasteiger partial charge is 0.427 e. The zero-order chi connectivity index (χ0) is 19.9. The molecule has 3 nitrogen and oxygen atoms in total. The van der Waals surface area contributed by atoms with E-state index in [-0.39, 0.29) is 5.97 Å². The lowest BCUT2D eigenvalue weighted by Crippen LogP contribution is -2.46. The van der Waals surface area contributed by atoms with Crippen LogP contribution in [0.4, 0.5) is 0 Å². The van der Waals surface area contributed by atoms with Gasteiger partial charge in [-0.15, -0.1) is 0 Å². The summed E-state index contributed by atoms with van der Waals surface area (Å²) in [6.45, 7) is 7.53. The van der Waals surface area contributed by atoms with Crippen LogP contribution in [-0.2, 0) is 16.0 Å². The molecule has 5 atom stereocenters. The van der Waals surface area contributed by atoms with Crippen molar-refractivity contribution in [2.75, 3.05) is 13.7 Å². The first-order chi connectivity index (χ1) is 13.4. The zero-order valence-electron chi connectivity index (χ0n) is 18.1. The Balaban J connectivity index is 1.55. The number of methoxy groups -OCH3 is 1. The predicted molar refractivity (Wildman–Crippen MR) is 112 cm³/mol. The average Bonchev–Trinajstić information content (AvgIpc) is 2.92. The fraction of sp³-hybridized carbons (Fsp3) is 0.720. The van der Waals surface area contributed by atoms with Gasteiger partial charge in [0.2, 0.25) is 0 Å². The number of carbonyl (C=O) groups excluding carboxylic acids is 1. The van der Waals surface area contributed by atoms with Crippen LogP contribution in [0, 0.1) is 22.7 Å². The summed E-state index contributed by atoms with van der Waals surface area (Å²) in [6.07, 6.45) is 10.3. The summed E-state index contributed by atoms with van der Waals surface area (Å²) in [6, 6.07) is 6.37. The summed E-state index contributed by atoms with van der Waals surface area (Å²) in [5, 5.41) is 0. The van der Waals surface area contributed by atoms with Gasteiger partial charge in [0.15, 0.2) is 0 Å². The second kappa shape index (κ2) is 7.48. The molecule has 1 aromatic carbocycles. The van der Waals surface area contributed by atoms with Crippen molar-refractivity contribution in [1.82, 2.24) is 0 Å². The molecule has 0 bridgehead atoms. The van der Waals surface area contributed by atoms with Gasteiger partial charge in [-0.05, 0) is 103 Å². The molecule has 28 heavy (non-hydrogen) atoms. The SMILES string of the molecule is COCCC[C@@]1(C)CC[C@H]2[C@@H]3CCc4cc(OC(C)=O)ccc4[C@H]3CC[C@@]21C. The smallest absolute Gasteiger partial charge is 0.308 e. The molecule has 0 unspecified atom stereocenters. The van der Waals surface area contributed by atoms with E-state index in [9.17, 15) is 4.79 Å². The van der Waals surface area contributed by atoms with Crippen LogP contribution in [0.2, 0.25) is 0 Å². The van der Waals surface area contributed by atoms with Crippen LogP contribution in [0.15, 0.2) is 18.2 Å². The third-order valence-corrected chi connectivity index (χ3v) is 8.81. The highest BCUT2D eigenvalue weighted by molar-refractivity contribution is 5.69. The fourth-order valence-corrected chi connectivity index (χ4v) is 7.17. The number of carbonyl (C=O) groups is 1. The Morgan fingerprint density at radius 2 is 2.00 bits per heavy atom. The normalized spacial score (nSPS) is 36.4. The van der Waals surface area contributed by atoms with E-state index < -0.39 is 0 Å². The number of fused-ring (bicyclic) bond motifs is 5. The number of rotatable bonds is 5. The van der Waals surface area contributed by atoms with Crippen LogP contribution in [0.25, 0.3) is 0 Å². The number of benzene rings is 1. The Morgan fingerprint density at radius 3 is 2.75 bits per heavy atom. The maximum absolute atomic E-state index is 11.3. The molecule has 2 fully saturated rings. The molecular formula is C25H36O3. The van der Waals surface area contributed by atoms with Crippen molar-refractivity contribution in [3.05, 3.63) is 29.3 Å². The van der Waals surface area contributed by atoms with Crippen molar-refractivity contribution < 1.29 is 14.3 Å². The molecule has 0 heterocycles. The first kappa shape index (κ1) is 19.9. The lowest BCUT2D eigenvalue weighted by atomic mass is 9.50. The minimum Gasteiger partial charge on any atom is -0.427 e. The van der Waals surface area contributed by atoms with Crippen molar-refractivity contribution in [3.63, 3.8) is 0 Å². The van der Waals surface area contributed by atoms with Crippen LogP contribution in [0.3, 0.4) is 0 Å². The highest BCUT2D eigenvalue weighted by atomic mass is 16.5. The van der Waals surface area contributed by atoms with E-state index >= 15 is 0 Å². The van der Waals surface area contributed by atoms with E-state index in [4.69, 9.17) is 9.47 Å². The molecule has 3 aliphatic rings. The molecule has 0 radical (unpaired) electrons. The van der Waals surface area contributed by atoms with E-state index in [0.717, 1.165) is 24.9 Å². The van der Waals surface area contributed by atoms with E-state index in [1.54, 1.807) is 0 Å². The minimum atomic E-state index is -0.235. The maximum Gasteiger partial charge on any atom is 0.308 e. The number of hydrogen-bond donors (Lipinski definition) is 0. The Labute approximate surface area is 170 Å². The van der Waals surface area contributed by atoms with Crippen LogP contribution in [0.5, 0.6) is 5.75 Å². The molecule has 0 saturated heterocycles. The molecule has 154 valence electrons. The number of ether oxygens (including phenoxy) is 2. The maximum atomic E-state index is 11.3. The molecule has 1 aromatic rings. The van der Waals surface area contributed by atoms with Crippen LogP contribution < -0.4 is 4.74 Å². The molecule has 3 heteroatoms. The number of aryl methyl sites for hydroxylation is 1. The van der Waals surface area contributed by atoms with Gasteiger partial charge in [0.25, 0.3) is 0 Å². The predicted octanol–water partition coefficient (Wildman–Crippen LogP) is 5.90. The Bertz CT molecular complexity index is 741. The molecular weight excluding hydrogens is 348 g/mol. The zero-order valence-corrected chi connectivity index (χ0v) is 18.1. The first-order valence-corrected chi connectivity index (χ1v) is 11.2. The van der Waals surface area contributed by atoms with Gasteiger partial charge >= 0.3 is 5.97 Å². The summed E-state index contributed by atoms with van der Waals surface area (Å²) < 4.78 is 10.7. The van der Waals surface area contributed by atoms with Crippen molar-refractivity contribution in [3.8, 4) is 5.75 Å². The van der Waals surface area contributed by atoms with Gasteiger partial charge in [-0.1, -0.05) is 19.9 Å². The van der Waals surface area contributed by atoms with Gasteiger partial charge in [-0.2, -0.15) is 0 Å². The number of esters is 1. The molecule has 4 rings (SSSR count). The van der Waals surface area contributed by atoms with Gasteiger partial charge in [-0.25, -0.2) is 0 Å². The van der Waals surface area contributed by atoms with Crippen LogP contribution in [-0.4, -0.2) is 19.7 Å². The highest BCUT2D eigenvalue weighted by Crippen LogP contribution is 2.68. The van der Waals surface area contributed by atoms with Crippen molar-refractivity contribution in [1.29, 1.82) is 0 Å². The summed E-state index contributed by atoms with van der Waals surface area (Å²) in [7, 11) is 1.82. The second-order valence-corrected chi connectivity index (χ2v) is 10.0. The average molecular weight is 385 g/mol. The highest BCUT2D eigenvalue weighted by Gasteiger charge is 2.59. The molecule has 0 spiro atoms. The minimum absolute atomic E-state index is 0.235. The fourth-order valence-electron chi connectivity index (χ4n) is 7.17. The van der Waals surface area contributed by atoms with Crippen molar-refractivity contribution >= 4 is 5.97 Å². The summed E-state index contributed by atoms with van der Waals surface area (Å²) in [5.41, 5.74) is 3.87. The lowest BCUT2D eigenvalue weighted by molar-refractivity contribution is -0.131. The standard InChI is InChI=1S/C25H36O3/c1-17(26)28-19-7-9-20-18(16-19)6-8-22-21(20)10-14-25(3)23(22)11-13-24(25,2)12-5-15-27-4/h7,9,16,21-23H,5-6,8,10-15H2,1-4H3/t21-,22-,23+,24+,25+/m1/s1. The van der Waals surface area contributed by atoms with Gasteiger partial charge in [0, 0.05) is 20.6 Å². The first-order valence-electron chi connectivity index (χ1n) is 11.2. The van der Waals surface area contributed by atoms with Crippen LogP contribution >= 0.6 is 0 Å². The summed E-state index contributed by atoms with van der Waals surface area (Å²) in [5.74, 6) is 2.82. The van der Waals surface area contributed by atoms with Gasteiger partial charge in [0.05, 0.1) is 0 Å².